The molecule has 0 unspecified atom stereocenters. The SMILES string of the molecule is NNC(=O)Cc1ccc(CSCC(N)=O)cc1. The number of hydrogen-bond acceptors (Lipinski definition) is 4. The Bertz CT molecular complexity index is 392. The van der Waals surface area contributed by atoms with Gasteiger partial charge in [0.2, 0.25) is 11.8 Å². The van der Waals surface area contributed by atoms with Gasteiger partial charge in [-0.05, 0) is 11.1 Å². The van der Waals surface area contributed by atoms with Crippen LogP contribution in [0.3, 0.4) is 0 Å². The lowest BCUT2D eigenvalue weighted by Gasteiger charge is -2.03. The largest absolute Gasteiger partial charge is 0.369 e. The van der Waals surface area contributed by atoms with Crippen LogP contribution >= 0.6 is 11.8 Å². The number of carbonyl (C=O) groups excluding carboxylic acids is 2. The van der Waals surface area contributed by atoms with E-state index in [1.54, 1.807) is 0 Å². The van der Waals surface area contributed by atoms with Crippen LogP contribution in [0.15, 0.2) is 24.3 Å². The summed E-state index contributed by atoms with van der Waals surface area (Å²) < 4.78 is 0. The Morgan fingerprint density at radius 3 is 2.29 bits per heavy atom. The molecule has 0 heterocycles. The van der Waals surface area contributed by atoms with Gasteiger partial charge in [0.15, 0.2) is 0 Å². The van der Waals surface area contributed by atoms with Gasteiger partial charge >= 0.3 is 0 Å². The molecule has 1 aromatic carbocycles. The molecule has 0 aliphatic carbocycles. The van der Waals surface area contributed by atoms with Gasteiger partial charge in [-0.25, -0.2) is 5.84 Å². The summed E-state index contributed by atoms with van der Waals surface area (Å²) in [5.74, 6) is 5.51. The van der Waals surface area contributed by atoms with Crippen LogP contribution in [0.25, 0.3) is 0 Å². The molecule has 6 heteroatoms. The second-order valence-electron chi connectivity index (χ2n) is 3.52. The molecular weight excluding hydrogens is 238 g/mol. The first-order valence-electron chi connectivity index (χ1n) is 5.05. The molecule has 0 bridgehead atoms. The van der Waals surface area contributed by atoms with Gasteiger partial charge in [-0.1, -0.05) is 24.3 Å². The molecule has 0 atom stereocenters. The van der Waals surface area contributed by atoms with Crippen molar-refractivity contribution < 1.29 is 9.59 Å². The number of nitrogens with two attached hydrogens (primary N) is 2. The van der Waals surface area contributed by atoms with Crippen molar-refractivity contribution in [3.63, 3.8) is 0 Å². The Labute approximate surface area is 104 Å². The molecule has 0 spiro atoms. The zero-order chi connectivity index (χ0) is 12.7. The van der Waals surface area contributed by atoms with Crippen molar-refractivity contribution in [3.05, 3.63) is 35.4 Å². The zero-order valence-electron chi connectivity index (χ0n) is 9.31. The van der Waals surface area contributed by atoms with E-state index < -0.39 is 0 Å². The summed E-state index contributed by atoms with van der Waals surface area (Å²) in [6, 6.07) is 7.59. The highest BCUT2D eigenvalue weighted by Crippen LogP contribution is 2.13. The first kappa shape index (κ1) is 13.5. The fourth-order valence-corrected chi connectivity index (χ4v) is 1.99. The molecule has 0 aromatic heterocycles. The molecule has 5 nitrogen and oxygen atoms in total. The number of hydrogen-bond donors (Lipinski definition) is 3. The van der Waals surface area contributed by atoms with Crippen molar-refractivity contribution in [2.45, 2.75) is 12.2 Å². The van der Waals surface area contributed by atoms with Gasteiger partial charge in [0.1, 0.15) is 0 Å². The van der Waals surface area contributed by atoms with Crippen molar-refractivity contribution in [2.24, 2.45) is 11.6 Å². The molecular formula is C11H15N3O2S. The summed E-state index contributed by atoms with van der Waals surface area (Å²) in [4.78, 5) is 21.6. The Morgan fingerprint density at radius 2 is 1.76 bits per heavy atom. The number of rotatable bonds is 6. The normalized spacial score (nSPS) is 9.94. The number of primary amides is 1. The van der Waals surface area contributed by atoms with E-state index in [2.05, 4.69) is 5.43 Å². The van der Waals surface area contributed by atoms with Gasteiger partial charge in [0, 0.05) is 5.75 Å². The van der Waals surface area contributed by atoms with Crippen LogP contribution < -0.4 is 17.0 Å². The summed E-state index contributed by atoms with van der Waals surface area (Å²) in [6.07, 6.45) is 0.269. The minimum absolute atomic E-state index is 0.221. The molecule has 0 saturated carbocycles. The number of carbonyl (C=O) groups is 2. The number of amides is 2. The van der Waals surface area contributed by atoms with Gasteiger partial charge in [0.05, 0.1) is 12.2 Å². The third-order valence-electron chi connectivity index (χ3n) is 2.06. The number of thioether (sulfide) groups is 1. The Balaban J connectivity index is 2.44. The second kappa shape index (κ2) is 6.93. The first-order valence-corrected chi connectivity index (χ1v) is 6.20. The van der Waals surface area contributed by atoms with Crippen LogP contribution in [-0.4, -0.2) is 17.6 Å². The molecule has 2 amide bonds. The number of benzene rings is 1. The van der Waals surface area contributed by atoms with Gasteiger partial charge in [0.25, 0.3) is 0 Å². The molecule has 0 radical (unpaired) electrons. The van der Waals surface area contributed by atoms with Crippen LogP contribution in [0.4, 0.5) is 0 Å². The van der Waals surface area contributed by atoms with E-state index in [0.717, 1.165) is 16.9 Å². The van der Waals surface area contributed by atoms with E-state index in [0.29, 0.717) is 5.75 Å². The highest BCUT2D eigenvalue weighted by molar-refractivity contribution is 7.99. The number of hydrazine groups is 1. The summed E-state index contributed by atoms with van der Waals surface area (Å²) in [7, 11) is 0. The van der Waals surface area contributed by atoms with Crippen molar-refractivity contribution in [3.8, 4) is 0 Å². The molecule has 0 fully saturated rings. The quantitative estimate of drug-likeness (QED) is 0.376. The molecule has 0 saturated heterocycles. The van der Waals surface area contributed by atoms with Crippen LogP contribution in [0, 0.1) is 0 Å². The summed E-state index contributed by atoms with van der Waals surface area (Å²) >= 11 is 1.46. The average Bonchev–Trinajstić information content (AvgIpc) is 2.31. The fourth-order valence-electron chi connectivity index (χ4n) is 1.26. The van der Waals surface area contributed by atoms with Gasteiger partial charge in [-0.15, -0.1) is 11.8 Å². The van der Waals surface area contributed by atoms with Crippen molar-refractivity contribution in [1.29, 1.82) is 0 Å². The summed E-state index contributed by atoms with van der Waals surface area (Å²) in [6.45, 7) is 0. The molecule has 1 rings (SSSR count). The highest BCUT2D eigenvalue weighted by Gasteiger charge is 2.01. The van der Waals surface area contributed by atoms with Gasteiger partial charge in [-0.3, -0.25) is 15.0 Å². The van der Waals surface area contributed by atoms with Crippen LogP contribution in [0.5, 0.6) is 0 Å². The van der Waals surface area contributed by atoms with E-state index in [1.807, 2.05) is 24.3 Å². The van der Waals surface area contributed by atoms with E-state index >= 15 is 0 Å². The third-order valence-corrected chi connectivity index (χ3v) is 3.09. The van der Waals surface area contributed by atoms with Crippen LogP contribution in [0.2, 0.25) is 0 Å². The second-order valence-corrected chi connectivity index (χ2v) is 4.51. The smallest absolute Gasteiger partial charge is 0.238 e. The monoisotopic (exact) mass is 253 g/mol. The predicted octanol–water partition coefficient (Wildman–Crippen LogP) is -0.0625. The lowest BCUT2D eigenvalue weighted by atomic mass is 10.1. The van der Waals surface area contributed by atoms with Crippen LogP contribution in [-0.2, 0) is 21.8 Å². The molecule has 0 aliphatic rings. The Kier molecular flexibility index (Phi) is 5.51. The molecule has 92 valence electrons. The van der Waals surface area contributed by atoms with E-state index in [-0.39, 0.29) is 18.2 Å². The fraction of sp³-hybridized carbons (Fsp3) is 0.273. The minimum atomic E-state index is -0.314. The highest BCUT2D eigenvalue weighted by atomic mass is 32.2. The van der Waals surface area contributed by atoms with E-state index in [9.17, 15) is 9.59 Å². The number of nitrogens with one attached hydrogen (secondary N) is 1. The van der Waals surface area contributed by atoms with E-state index in [1.165, 1.54) is 11.8 Å². The summed E-state index contributed by atoms with van der Waals surface area (Å²) in [5, 5.41) is 0. The predicted molar refractivity (Wildman–Crippen MR) is 67.8 cm³/mol. The third kappa shape index (κ3) is 5.37. The van der Waals surface area contributed by atoms with Gasteiger partial charge in [-0.2, -0.15) is 0 Å². The maximum absolute atomic E-state index is 11.0. The topological polar surface area (TPSA) is 98.2 Å². The van der Waals surface area contributed by atoms with Gasteiger partial charge < -0.3 is 5.73 Å². The Morgan fingerprint density at radius 1 is 1.18 bits per heavy atom. The van der Waals surface area contributed by atoms with Crippen molar-refractivity contribution in [2.75, 3.05) is 5.75 Å². The Hall–Kier alpha value is -1.53. The molecule has 0 aliphatic heterocycles. The minimum Gasteiger partial charge on any atom is -0.369 e. The zero-order valence-corrected chi connectivity index (χ0v) is 10.1. The maximum Gasteiger partial charge on any atom is 0.238 e. The van der Waals surface area contributed by atoms with Crippen molar-refractivity contribution >= 4 is 23.6 Å². The van der Waals surface area contributed by atoms with E-state index in [4.69, 9.17) is 11.6 Å². The van der Waals surface area contributed by atoms with Crippen LogP contribution in [0.1, 0.15) is 11.1 Å². The summed E-state index contributed by atoms with van der Waals surface area (Å²) in [5.41, 5.74) is 9.11. The average molecular weight is 253 g/mol. The molecule has 17 heavy (non-hydrogen) atoms. The van der Waals surface area contributed by atoms with Crippen molar-refractivity contribution in [1.82, 2.24) is 5.43 Å². The molecule has 5 N–H and O–H groups in total. The lowest BCUT2D eigenvalue weighted by molar-refractivity contribution is -0.120. The molecule has 1 aromatic rings. The maximum atomic E-state index is 11.0. The standard InChI is InChI=1S/C11H15N3O2S/c12-10(15)7-17-6-9-3-1-8(2-4-9)5-11(16)14-13/h1-4H,5-7,13H2,(H2,12,15)(H,14,16). The lowest BCUT2D eigenvalue weighted by Crippen LogP contribution is -2.31. The first-order chi connectivity index (χ1) is 8.11.